The summed E-state index contributed by atoms with van der Waals surface area (Å²) in [5.74, 6) is 1.62. The maximum Gasteiger partial charge on any atom is 0.433 e. The predicted molar refractivity (Wildman–Crippen MR) is 191 cm³/mol. The molecule has 0 spiro atoms. The lowest BCUT2D eigenvalue weighted by atomic mass is 9.81. The largest absolute Gasteiger partial charge is 0.444 e. The quantitative estimate of drug-likeness (QED) is 0.165. The van der Waals surface area contributed by atoms with E-state index in [1.54, 1.807) is 51.8 Å². The lowest BCUT2D eigenvalue weighted by Gasteiger charge is -2.31. The summed E-state index contributed by atoms with van der Waals surface area (Å²) >= 11 is 0. The molecule has 3 heterocycles. The number of amides is 2. The molecule has 12 nitrogen and oxygen atoms in total. The first-order valence-corrected chi connectivity index (χ1v) is 16.4. The van der Waals surface area contributed by atoms with Gasteiger partial charge in [-0.15, -0.1) is 0 Å². The molecular weight excluding hydrogens is 620 g/mol. The van der Waals surface area contributed by atoms with Crippen molar-refractivity contribution in [1.82, 2.24) is 35.2 Å². The van der Waals surface area contributed by atoms with Gasteiger partial charge in [-0.2, -0.15) is 4.99 Å². The molecule has 0 radical (unpaired) electrons. The molecule has 3 N–H and O–H groups in total. The molecule has 0 fully saturated rings. The molecule has 0 aliphatic rings. The third-order valence-electron chi connectivity index (χ3n) is 7.36. The van der Waals surface area contributed by atoms with Crippen LogP contribution in [0.1, 0.15) is 107 Å². The minimum absolute atomic E-state index is 0.265. The Balaban J connectivity index is 1.47. The Morgan fingerprint density at radius 2 is 1.18 bits per heavy atom. The van der Waals surface area contributed by atoms with E-state index in [4.69, 9.17) is 9.47 Å². The van der Waals surface area contributed by atoms with Crippen LogP contribution in [0.5, 0.6) is 0 Å². The van der Waals surface area contributed by atoms with Crippen molar-refractivity contribution >= 4 is 18.4 Å². The molecule has 4 aromatic rings. The van der Waals surface area contributed by atoms with E-state index in [0.29, 0.717) is 17.5 Å². The second-order valence-corrected chi connectivity index (χ2v) is 16.3. The average Bonchev–Trinajstić information content (AvgIpc) is 3.64. The number of aliphatic imine (C=N–C) groups is 1. The highest BCUT2D eigenvalue weighted by Crippen LogP contribution is 2.34. The number of aromatic nitrogens is 6. The summed E-state index contributed by atoms with van der Waals surface area (Å²) < 4.78 is 10.8. The van der Waals surface area contributed by atoms with E-state index in [9.17, 15) is 9.59 Å². The molecule has 12 heteroatoms. The standard InChI is InChI=1S/C37H50N8O4/c1-34(2,3)25(19-42-32(46)48-36(7,8)9)30-40-21-27(43-30)24-17-38-29(39-18-24)23-15-13-22(14-16-23)26-20-41-31(44-26)28(35(4,5)6)45-33(47)49-37(10,11)12/h13-21,25,28H,1-12H3,(H,40,43)(H,41,44)(H,45,47)/t25?,28-/m1/s1. The fourth-order valence-electron chi connectivity index (χ4n) is 4.93. The predicted octanol–water partition coefficient (Wildman–Crippen LogP) is 8.67. The van der Waals surface area contributed by atoms with Crippen molar-refractivity contribution in [3.05, 3.63) is 60.7 Å². The normalized spacial score (nSPS) is 14.0. The van der Waals surface area contributed by atoms with E-state index >= 15 is 0 Å². The molecule has 0 aliphatic heterocycles. The first kappa shape index (κ1) is 37.0. The number of carbonyl (C=O) groups excluding carboxylic acids is 2. The highest BCUT2D eigenvalue weighted by Gasteiger charge is 2.32. The van der Waals surface area contributed by atoms with Gasteiger partial charge in [0.05, 0.1) is 35.7 Å². The Labute approximate surface area is 289 Å². The van der Waals surface area contributed by atoms with Crippen LogP contribution in [0.2, 0.25) is 0 Å². The molecule has 0 saturated carbocycles. The van der Waals surface area contributed by atoms with Crippen LogP contribution in [-0.4, -0.2) is 59.5 Å². The van der Waals surface area contributed by atoms with Gasteiger partial charge >= 0.3 is 12.2 Å². The lowest BCUT2D eigenvalue weighted by Crippen LogP contribution is -2.40. The van der Waals surface area contributed by atoms with Crippen molar-refractivity contribution in [3.8, 4) is 33.9 Å². The molecule has 0 aliphatic carbocycles. The van der Waals surface area contributed by atoms with Gasteiger partial charge in [-0.05, 0) is 57.9 Å². The van der Waals surface area contributed by atoms with Gasteiger partial charge in [-0.25, -0.2) is 29.5 Å². The Bertz CT molecular complexity index is 1760. The number of ether oxygens (including phenoxy) is 2. The molecule has 2 amide bonds. The number of nitrogens with one attached hydrogen (secondary N) is 3. The zero-order chi connectivity index (χ0) is 36.4. The Morgan fingerprint density at radius 1 is 0.673 bits per heavy atom. The number of rotatable bonds is 7. The molecule has 1 aromatic carbocycles. The van der Waals surface area contributed by atoms with Crippen molar-refractivity contribution < 1.29 is 19.1 Å². The minimum atomic E-state index is -0.637. The number of hydrogen-bond donors (Lipinski definition) is 3. The van der Waals surface area contributed by atoms with Crippen LogP contribution in [0, 0.1) is 10.8 Å². The summed E-state index contributed by atoms with van der Waals surface area (Å²) in [4.78, 5) is 54.0. The van der Waals surface area contributed by atoms with Gasteiger partial charge in [0.15, 0.2) is 5.82 Å². The van der Waals surface area contributed by atoms with Gasteiger partial charge in [0.1, 0.15) is 22.9 Å². The molecule has 49 heavy (non-hydrogen) atoms. The zero-order valence-corrected chi connectivity index (χ0v) is 30.7. The van der Waals surface area contributed by atoms with Crippen LogP contribution in [0.3, 0.4) is 0 Å². The van der Waals surface area contributed by atoms with Gasteiger partial charge in [0.25, 0.3) is 0 Å². The molecule has 0 bridgehead atoms. The molecule has 262 valence electrons. The molecular formula is C37H50N8O4. The van der Waals surface area contributed by atoms with E-state index in [-0.39, 0.29) is 16.7 Å². The summed E-state index contributed by atoms with van der Waals surface area (Å²) in [5, 5.41) is 2.97. The molecule has 0 saturated heterocycles. The van der Waals surface area contributed by atoms with E-state index in [1.807, 2.05) is 65.8 Å². The van der Waals surface area contributed by atoms with E-state index in [0.717, 1.165) is 28.1 Å². The number of carbonyl (C=O) groups is 2. The van der Waals surface area contributed by atoms with Crippen molar-refractivity contribution in [1.29, 1.82) is 0 Å². The van der Waals surface area contributed by atoms with Gasteiger partial charge < -0.3 is 24.8 Å². The summed E-state index contributed by atoms with van der Waals surface area (Å²) in [5.41, 5.74) is 2.31. The SMILES string of the molecule is CC(C)(C)OC(=O)N=CC(c1ncc(-c2cnc(-c3ccc(-c4cnc([C@@H](NC(=O)OC(C)(C)C)C(C)(C)C)[nH]4)cc3)nc2)[nH]1)C(C)(C)C. The van der Waals surface area contributed by atoms with Crippen molar-refractivity contribution in [3.63, 3.8) is 0 Å². The van der Waals surface area contributed by atoms with Crippen LogP contribution >= 0.6 is 0 Å². The third kappa shape index (κ3) is 10.3. The Morgan fingerprint density at radius 3 is 1.71 bits per heavy atom. The van der Waals surface area contributed by atoms with Crippen LogP contribution < -0.4 is 5.32 Å². The smallest absolute Gasteiger partial charge is 0.433 e. The first-order valence-electron chi connectivity index (χ1n) is 16.4. The maximum absolute atomic E-state index is 12.6. The fourth-order valence-corrected chi connectivity index (χ4v) is 4.93. The highest BCUT2D eigenvalue weighted by atomic mass is 16.6. The van der Waals surface area contributed by atoms with E-state index in [2.05, 4.69) is 61.0 Å². The summed E-state index contributed by atoms with van der Waals surface area (Å²) in [6, 6.07) is 7.47. The zero-order valence-electron chi connectivity index (χ0n) is 30.7. The number of benzene rings is 1. The number of hydrogen-bond acceptors (Lipinski definition) is 8. The molecule has 1 unspecified atom stereocenters. The molecule has 2 atom stereocenters. The number of H-pyrrole nitrogens is 2. The van der Waals surface area contributed by atoms with Crippen LogP contribution in [-0.2, 0) is 9.47 Å². The Hall–Kier alpha value is -4.87. The summed E-state index contributed by atoms with van der Waals surface area (Å²) in [6.45, 7) is 23.2. The number of nitrogens with zero attached hydrogens (tertiary/aromatic N) is 5. The van der Waals surface area contributed by atoms with Gasteiger partial charge in [0, 0.05) is 29.7 Å². The van der Waals surface area contributed by atoms with Crippen LogP contribution in [0.15, 0.2) is 54.0 Å². The lowest BCUT2D eigenvalue weighted by molar-refractivity contribution is 0.0457. The number of imidazole rings is 2. The van der Waals surface area contributed by atoms with Gasteiger partial charge in [-0.1, -0.05) is 65.8 Å². The topological polar surface area (TPSA) is 160 Å². The molecule has 3 aromatic heterocycles. The van der Waals surface area contributed by atoms with Crippen molar-refractivity contribution in [2.24, 2.45) is 15.8 Å². The first-order chi connectivity index (χ1) is 22.6. The number of alkyl carbamates (subject to hydrolysis) is 1. The summed E-state index contributed by atoms with van der Waals surface area (Å²) in [7, 11) is 0. The van der Waals surface area contributed by atoms with E-state index < -0.39 is 29.4 Å². The second kappa shape index (κ2) is 13.9. The van der Waals surface area contributed by atoms with Crippen molar-refractivity contribution in [2.45, 2.75) is 106 Å². The van der Waals surface area contributed by atoms with Gasteiger partial charge in [0.2, 0.25) is 0 Å². The van der Waals surface area contributed by atoms with Crippen LogP contribution in [0.4, 0.5) is 9.59 Å². The third-order valence-corrected chi connectivity index (χ3v) is 7.36. The monoisotopic (exact) mass is 670 g/mol. The minimum Gasteiger partial charge on any atom is -0.444 e. The highest BCUT2D eigenvalue weighted by molar-refractivity contribution is 5.83. The fraction of sp³-hybridized carbons (Fsp3) is 0.486. The summed E-state index contributed by atoms with van der Waals surface area (Å²) in [6.07, 6.45) is 7.45. The van der Waals surface area contributed by atoms with E-state index in [1.165, 1.54) is 0 Å². The Kier molecular flexibility index (Phi) is 10.5. The number of aromatic amines is 2. The average molecular weight is 671 g/mol. The van der Waals surface area contributed by atoms with Crippen molar-refractivity contribution in [2.75, 3.05) is 0 Å². The second-order valence-electron chi connectivity index (χ2n) is 16.3. The maximum atomic E-state index is 12.6. The van der Waals surface area contributed by atoms with Crippen LogP contribution in [0.25, 0.3) is 33.9 Å². The van der Waals surface area contributed by atoms with Gasteiger partial charge in [-0.3, -0.25) is 0 Å². The molecule has 4 rings (SSSR count).